The number of para-hydroxylation sites is 1. The zero-order valence-corrected chi connectivity index (χ0v) is 13.2. The first kappa shape index (κ1) is 18.3. The maximum absolute atomic E-state index is 12.8. The van der Waals surface area contributed by atoms with Gasteiger partial charge in [0.25, 0.3) is 5.91 Å². The molecule has 0 aliphatic rings. The van der Waals surface area contributed by atoms with Gasteiger partial charge in [-0.1, -0.05) is 18.2 Å². The van der Waals surface area contributed by atoms with Crippen LogP contribution in [0.3, 0.4) is 0 Å². The predicted octanol–water partition coefficient (Wildman–Crippen LogP) is 3.35. The Hall–Kier alpha value is -3.03. The second-order valence-corrected chi connectivity index (χ2v) is 5.00. The van der Waals surface area contributed by atoms with E-state index in [2.05, 4.69) is 10.6 Å². The second kappa shape index (κ2) is 7.69. The molecule has 0 aliphatic heterocycles. The molecule has 2 aromatic rings. The molecule has 0 saturated heterocycles. The van der Waals surface area contributed by atoms with Gasteiger partial charge in [0.15, 0.2) is 6.61 Å². The highest BCUT2D eigenvalue weighted by atomic mass is 19.4. The van der Waals surface area contributed by atoms with E-state index in [1.807, 2.05) is 0 Å². The van der Waals surface area contributed by atoms with Gasteiger partial charge in [0.05, 0.1) is 16.8 Å². The minimum Gasteiger partial charge on any atom is -0.452 e. The minimum absolute atomic E-state index is 0.101. The summed E-state index contributed by atoms with van der Waals surface area (Å²) in [4.78, 5) is 23.2. The largest absolute Gasteiger partial charge is 0.452 e. The van der Waals surface area contributed by atoms with E-state index < -0.39 is 30.2 Å². The van der Waals surface area contributed by atoms with Crippen LogP contribution in [0, 0.1) is 0 Å². The second-order valence-electron chi connectivity index (χ2n) is 5.00. The summed E-state index contributed by atoms with van der Waals surface area (Å²) in [5.74, 6) is -1.24. The van der Waals surface area contributed by atoms with Crippen molar-refractivity contribution in [3.63, 3.8) is 0 Å². The molecule has 0 atom stereocenters. The van der Waals surface area contributed by atoms with E-state index in [1.165, 1.54) is 31.3 Å². The van der Waals surface area contributed by atoms with Crippen molar-refractivity contribution in [1.29, 1.82) is 0 Å². The molecule has 25 heavy (non-hydrogen) atoms. The molecule has 0 saturated carbocycles. The minimum atomic E-state index is -4.47. The summed E-state index contributed by atoms with van der Waals surface area (Å²) >= 11 is 0. The Labute approximate surface area is 141 Å². The molecule has 0 unspecified atom stereocenters. The topological polar surface area (TPSA) is 67.4 Å². The summed E-state index contributed by atoms with van der Waals surface area (Å²) in [6.45, 7) is -0.451. The zero-order valence-electron chi connectivity index (χ0n) is 13.2. The number of ether oxygens (including phenoxy) is 1. The van der Waals surface area contributed by atoms with Gasteiger partial charge < -0.3 is 15.4 Å². The van der Waals surface area contributed by atoms with Gasteiger partial charge in [0.1, 0.15) is 0 Å². The Morgan fingerprint density at radius 1 is 1.08 bits per heavy atom. The molecule has 0 aliphatic carbocycles. The fraction of sp³-hybridized carbons (Fsp3) is 0.176. The predicted molar refractivity (Wildman–Crippen MR) is 85.5 cm³/mol. The van der Waals surface area contributed by atoms with Crippen LogP contribution in [0.2, 0.25) is 0 Å². The molecule has 132 valence electrons. The van der Waals surface area contributed by atoms with Crippen LogP contribution < -0.4 is 10.6 Å². The molecule has 2 N–H and O–H groups in total. The van der Waals surface area contributed by atoms with Crippen LogP contribution in [0.4, 0.5) is 24.5 Å². The first-order valence-corrected chi connectivity index (χ1v) is 7.22. The molecule has 2 aromatic carbocycles. The molecule has 0 radical (unpaired) electrons. The highest BCUT2D eigenvalue weighted by Crippen LogP contribution is 2.31. The summed E-state index contributed by atoms with van der Waals surface area (Å²) in [5.41, 5.74) is -0.272. The lowest BCUT2D eigenvalue weighted by molar-refractivity contribution is -0.137. The Balaban J connectivity index is 2.21. The first-order valence-electron chi connectivity index (χ1n) is 7.22. The number of amides is 1. The molecule has 0 bridgehead atoms. The van der Waals surface area contributed by atoms with E-state index in [-0.39, 0.29) is 16.9 Å². The Morgan fingerprint density at radius 3 is 2.48 bits per heavy atom. The summed E-state index contributed by atoms with van der Waals surface area (Å²) in [6, 6.07) is 10.8. The van der Waals surface area contributed by atoms with Crippen molar-refractivity contribution in [3.05, 3.63) is 59.7 Å². The van der Waals surface area contributed by atoms with Gasteiger partial charge >= 0.3 is 12.1 Å². The maximum Gasteiger partial charge on any atom is 0.416 e. The van der Waals surface area contributed by atoms with Gasteiger partial charge in [0.2, 0.25) is 0 Å². The third-order valence-electron chi connectivity index (χ3n) is 3.23. The van der Waals surface area contributed by atoms with Gasteiger partial charge in [-0.3, -0.25) is 4.79 Å². The maximum atomic E-state index is 12.8. The standard InChI is InChI=1S/C17H15F3N2O3/c1-21-15(23)10-25-16(24)13-7-2-3-8-14(13)22-12-6-4-5-11(9-12)17(18,19)20/h2-9,22H,10H2,1H3,(H,21,23). The summed E-state index contributed by atoms with van der Waals surface area (Å²) in [7, 11) is 1.40. The van der Waals surface area contributed by atoms with Crippen LogP contribution in [0.5, 0.6) is 0 Å². The summed E-state index contributed by atoms with van der Waals surface area (Å²) in [5, 5.41) is 5.07. The average molecular weight is 352 g/mol. The van der Waals surface area contributed by atoms with E-state index in [0.717, 1.165) is 12.1 Å². The molecule has 0 aromatic heterocycles. The third kappa shape index (κ3) is 4.97. The molecule has 8 heteroatoms. The number of hydrogen-bond donors (Lipinski definition) is 2. The lowest BCUT2D eigenvalue weighted by Crippen LogP contribution is -2.25. The molecule has 0 heterocycles. The number of halogens is 3. The molecular weight excluding hydrogens is 337 g/mol. The number of nitrogens with one attached hydrogen (secondary N) is 2. The highest BCUT2D eigenvalue weighted by molar-refractivity contribution is 5.97. The number of benzene rings is 2. The lowest BCUT2D eigenvalue weighted by atomic mass is 10.1. The fourth-order valence-electron chi connectivity index (χ4n) is 1.98. The van der Waals surface area contributed by atoms with Crippen molar-refractivity contribution in [1.82, 2.24) is 5.32 Å². The van der Waals surface area contributed by atoms with Crippen molar-refractivity contribution < 1.29 is 27.5 Å². The Bertz CT molecular complexity index is 776. The van der Waals surface area contributed by atoms with E-state index in [0.29, 0.717) is 0 Å². The monoisotopic (exact) mass is 352 g/mol. The lowest BCUT2D eigenvalue weighted by Gasteiger charge is -2.13. The van der Waals surface area contributed by atoms with E-state index in [1.54, 1.807) is 12.1 Å². The first-order chi connectivity index (χ1) is 11.8. The van der Waals surface area contributed by atoms with Crippen LogP contribution in [0.15, 0.2) is 48.5 Å². The Kier molecular flexibility index (Phi) is 5.63. The number of rotatable bonds is 5. The van der Waals surface area contributed by atoms with Gasteiger partial charge in [-0.2, -0.15) is 13.2 Å². The average Bonchev–Trinajstić information content (AvgIpc) is 2.59. The van der Waals surface area contributed by atoms with Crippen molar-refractivity contribution in [2.24, 2.45) is 0 Å². The number of hydrogen-bond acceptors (Lipinski definition) is 4. The summed E-state index contributed by atoms with van der Waals surface area (Å²) in [6.07, 6.45) is -4.47. The third-order valence-corrected chi connectivity index (χ3v) is 3.23. The SMILES string of the molecule is CNC(=O)COC(=O)c1ccccc1Nc1cccc(C(F)(F)F)c1. The number of esters is 1. The molecule has 2 rings (SSSR count). The van der Waals surface area contributed by atoms with E-state index in [9.17, 15) is 22.8 Å². The molecule has 0 fully saturated rings. The van der Waals surface area contributed by atoms with Gasteiger partial charge in [-0.15, -0.1) is 0 Å². The van der Waals surface area contributed by atoms with Crippen LogP contribution in [0.1, 0.15) is 15.9 Å². The van der Waals surface area contributed by atoms with Crippen molar-refractivity contribution in [2.45, 2.75) is 6.18 Å². The molecule has 1 amide bonds. The highest BCUT2D eigenvalue weighted by Gasteiger charge is 2.30. The normalized spacial score (nSPS) is 10.9. The number of alkyl halides is 3. The van der Waals surface area contributed by atoms with E-state index >= 15 is 0 Å². The molecule has 0 spiro atoms. The van der Waals surface area contributed by atoms with Gasteiger partial charge in [-0.05, 0) is 30.3 Å². The quantitative estimate of drug-likeness (QED) is 0.810. The van der Waals surface area contributed by atoms with E-state index in [4.69, 9.17) is 4.74 Å². The van der Waals surface area contributed by atoms with Crippen LogP contribution in [0.25, 0.3) is 0 Å². The number of carbonyl (C=O) groups is 2. The number of anilines is 2. The van der Waals surface area contributed by atoms with Crippen LogP contribution in [-0.2, 0) is 15.7 Å². The van der Waals surface area contributed by atoms with Crippen molar-refractivity contribution >= 4 is 23.3 Å². The molecular formula is C17H15F3N2O3. The van der Waals surface area contributed by atoms with Crippen molar-refractivity contribution in [2.75, 3.05) is 19.0 Å². The zero-order chi connectivity index (χ0) is 18.4. The number of carbonyl (C=O) groups excluding carboxylic acids is 2. The Morgan fingerprint density at radius 2 is 1.80 bits per heavy atom. The fourth-order valence-corrected chi connectivity index (χ4v) is 1.98. The molecule has 5 nitrogen and oxygen atoms in total. The van der Waals surface area contributed by atoms with Crippen molar-refractivity contribution in [3.8, 4) is 0 Å². The smallest absolute Gasteiger partial charge is 0.416 e. The van der Waals surface area contributed by atoms with Crippen LogP contribution in [-0.4, -0.2) is 25.5 Å². The van der Waals surface area contributed by atoms with Gasteiger partial charge in [0, 0.05) is 12.7 Å². The van der Waals surface area contributed by atoms with Gasteiger partial charge in [-0.25, -0.2) is 4.79 Å². The summed E-state index contributed by atoms with van der Waals surface area (Å²) < 4.78 is 43.2. The van der Waals surface area contributed by atoms with Crippen LogP contribution >= 0.6 is 0 Å². The number of likely N-dealkylation sites (N-methyl/N-ethyl adjacent to an activating group) is 1.